The van der Waals surface area contributed by atoms with E-state index in [-0.39, 0.29) is 6.42 Å². The first kappa shape index (κ1) is 11.3. The van der Waals surface area contributed by atoms with Crippen LogP contribution in [-0.2, 0) is 11.2 Å². The van der Waals surface area contributed by atoms with E-state index in [4.69, 9.17) is 5.11 Å². The summed E-state index contributed by atoms with van der Waals surface area (Å²) in [4.78, 5) is 14.9. The summed E-state index contributed by atoms with van der Waals surface area (Å²) in [6.45, 7) is 1.93. The van der Waals surface area contributed by atoms with Crippen LogP contribution in [0.15, 0.2) is 42.7 Å². The number of carbonyl (C=O) groups is 1. The van der Waals surface area contributed by atoms with E-state index in [9.17, 15) is 4.79 Å². The van der Waals surface area contributed by atoms with Gasteiger partial charge in [-0.2, -0.15) is 0 Å². The molecule has 0 aliphatic carbocycles. The van der Waals surface area contributed by atoms with Crippen LogP contribution < -0.4 is 0 Å². The highest BCUT2D eigenvalue weighted by molar-refractivity contribution is 5.73. The van der Waals surface area contributed by atoms with Crippen molar-refractivity contribution in [3.63, 3.8) is 0 Å². The molecule has 2 rings (SSSR count). The minimum absolute atomic E-state index is 0.0134. The second-order valence-electron chi connectivity index (χ2n) is 3.91. The van der Waals surface area contributed by atoms with Gasteiger partial charge >= 0.3 is 5.97 Å². The van der Waals surface area contributed by atoms with Crippen LogP contribution >= 0.6 is 0 Å². The molecule has 0 amide bonds. The molecule has 0 unspecified atom stereocenters. The predicted octanol–water partition coefficient (Wildman–Crippen LogP) is 2.68. The van der Waals surface area contributed by atoms with Crippen molar-refractivity contribution < 1.29 is 9.90 Å². The summed E-state index contributed by atoms with van der Waals surface area (Å²) in [6.07, 6.45) is 3.41. The molecule has 0 bridgehead atoms. The Morgan fingerprint density at radius 1 is 1.24 bits per heavy atom. The average molecular weight is 227 g/mol. The molecule has 1 N–H and O–H groups in total. The number of pyridine rings is 1. The van der Waals surface area contributed by atoms with Crippen molar-refractivity contribution in [2.45, 2.75) is 13.3 Å². The zero-order valence-electron chi connectivity index (χ0n) is 9.55. The lowest BCUT2D eigenvalue weighted by Gasteiger charge is -2.09. The third-order valence-corrected chi connectivity index (χ3v) is 2.75. The van der Waals surface area contributed by atoms with Crippen LogP contribution in [0.2, 0.25) is 0 Å². The lowest BCUT2D eigenvalue weighted by atomic mass is 9.98. The lowest BCUT2D eigenvalue weighted by molar-refractivity contribution is -0.136. The standard InChI is InChI=1S/C14H13NO2/c1-10-12(7-14(16)17)8-15-9-13(10)11-5-3-2-4-6-11/h2-6,8-9H,7H2,1H3,(H,16,17). The topological polar surface area (TPSA) is 50.2 Å². The Labute approximate surface area is 99.8 Å². The van der Waals surface area contributed by atoms with Gasteiger partial charge in [-0.15, -0.1) is 0 Å². The van der Waals surface area contributed by atoms with Gasteiger partial charge in [-0.25, -0.2) is 0 Å². The highest BCUT2D eigenvalue weighted by Crippen LogP contribution is 2.24. The van der Waals surface area contributed by atoms with Crippen molar-refractivity contribution in [1.29, 1.82) is 0 Å². The van der Waals surface area contributed by atoms with E-state index >= 15 is 0 Å². The van der Waals surface area contributed by atoms with Gasteiger partial charge in [0.05, 0.1) is 6.42 Å². The minimum Gasteiger partial charge on any atom is -0.481 e. The van der Waals surface area contributed by atoms with E-state index in [0.29, 0.717) is 0 Å². The average Bonchev–Trinajstić information content (AvgIpc) is 2.32. The van der Waals surface area contributed by atoms with E-state index in [0.717, 1.165) is 22.3 Å². The number of rotatable bonds is 3. The zero-order valence-corrected chi connectivity index (χ0v) is 9.55. The second-order valence-corrected chi connectivity index (χ2v) is 3.91. The van der Waals surface area contributed by atoms with Crippen molar-refractivity contribution >= 4 is 5.97 Å². The number of carboxylic acids is 1. The van der Waals surface area contributed by atoms with Crippen LogP contribution in [0, 0.1) is 6.92 Å². The quantitative estimate of drug-likeness (QED) is 0.877. The normalized spacial score (nSPS) is 10.2. The highest BCUT2D eigenvalue weighted by atomic mass is 16.4. The summed E-state index contributed by atoms with van der Waals surface area (Å²) in [5, 5.41) is 8.83. The Kier molecular flexibility index (Phi) is 3.19. The Morgan fingerprint density at radius 2 is 1.94 bits per heavy atom. The summed E-state index contributed by atoms with van der Waals surface area (Å²) in [5.74, 6) is -0.833. The van der Waals surface area contributed by atoms with Crippen molar-refractivity contribution in [2.24, 2.45) is 0 Å². The summed E-state index contributed by atoms with van der Waals surface area (Å²) < 4.78 is 0. The molecular formula is C14H13NO2. The molecule has 3 nitrogen and oxygen atoms in total. The molecule has 1 heterocycles. The maximum absolute atomic E-state index is 10.7. The first-order valence-corrected chi connectivity index (χ1v) is 5.39. The largest absolute Gasteiger partial charge is 0.481 e. The number of carboxylic acid groups (broad SMARTS) is 1. The molecule has 0 fully saturated rings. The van der Waals surface area contributed by atoms with Crippen molar-refractivity contribution in [1.82, 2.24) is 4.98 Å². The fraction of sp³-hybridized carbons (Fsp3) is 0.143. The minimum atomic E-state index is -0.833. The van der Waals surface area contributed by atoms with Gasteiger partial charge in [0, 0.05) is 18.0 Å². The van der Waals surface area contributed by atoms with Gasteiger partial charge < -0.3 is 5.11 Å². The van der Waals surface area contributed by atoms with Crippen molar-refractivity contribution in [3.8, 4) is 11.1 Å². The molecule has 17 heavy (non-hydrogen) atoms. The first-order chi connectivity index (χ1) is 8.18. The van der Waals surface area contributed by atoms with E-state index < -0.39 is 5.97 Å². The molecule has 1 aromatic heterocycles. The Bertz CT molecular complexity index is 535. The van der Waals surface area contributed by atoms with Crippen LogP contribution in [0.5, 0.6) is 0 Å². The lowest BCUT2D eigenvalue weighted by Crippen LogP contribution is -2.03. The van der Waals surface area contributed by atoms with Gasteiger partial charge in [-0.3, -0.25) is 9.78 Å². The maximum Gasteiger partial charge on any atom is 0.307 e. The number of nitrogens with zero attached hydrogens (tertiary/aromatic N) is 1. The first-order valence-electron chi connectivity index (χ1n) is 5.39. The van der Waals surface area contributed by atoms with Gasteiger partial charge in [0.1, 0.15) is 0 Å². The third kappa shape index (κ3) is 2.50. The van der Waals surface area contributed by atoms with Gasteiger partial charge in [-0.1, -0.05) is 30.3 Å². The molecule has 0 aliphatic rings. The molecule has 0 spiro atoms. The number of benzene rings is 1. The fourth-order valence-electron chi connectivity index (χ4n) is 1.82. The molecule has 0 saturated heterocycles. The van der Waals surface area contributed by atoms with Gasteiger partial charge in [0.25, 0.3) is 0 Å². The Morgan fingerprint density at radius 3 is 2.59 bits per heavy atom. The number of hydrogen-bond acceptors (Lipinski definition) is 2. The van der Waals surface area contributed by atoms with E-state index in [1.807, 2.05) is 37.3 Å². The maximum atomic E-state index is 10.7. The predicted molar refractivity (Wildman–Crippen MR) is 65.7 cm³/mol. The fourth-order valence-corrected chi connectivity index (χ4v) is 1.82. The molecule has 0 radical (unpaired) electrons. The molecule has 86 valence electrons. The van der Waals surface area contributed by atoms with Gasteiger partial charge in [-0.05, 0) is 23.6 Å². The number of hydrogen-bond donors (Lipinski definition) is 1. The summed E-state index contributed by atoms with van der Waals surface area (Å²) in [6, 6.07) is 9.85. The third-order valence-electron chi connectivity index (χ3n) is 2.75. The van der Waals surface area contributed by atoms with E-state index in [1.54, 1.807) is 12.4 Å². The van der Waals surface area contributed by atoms with Crippen LogP contribution in [-0.4, -0.2) is 16.1 Å². The number of aromatic nitrogens is 1. The van der Waals surface area contributed by atoms with Crippen LogP contribution in [0.1, 0.15) is 11.1 Å². The SMILES string of the molecule is Cc1c(CC(=O)O)cncc1-c1ccccc1. The molecule has 0 saturated carbocycles. The second kappa shape index (κ2) is 4.78. The van der Waals surface area contributed by atoms with Crippen LogP contribution in [0.25, 0.3) is 11.1 Å². The molecule has 1 aromatic carbocycles. The zero-order chi connectivity index (χ0) is 12.3. The molecule has 2 aromatic rings. The molecule has 0 aliphatic heterocycles. The van der Waals surface area contributed by atoms with Crippen molar-refractivity contribution in [2.75, 3.05) is 0 Å². The summed E-state index contributed by atoms with van der Waals surface area (Å²) >= 11 is 0. The Balaban J connectivity index is 2.46. The molecule has 3 heteroatoms. The summed E-state index contributed by atoms with van der Waals surface area (Å²) in [5.41, 5.74) is 3.79. The number of aliphatic carboxylic acids is 1. The highest BCUT2D eigenvalue weighted by Gasteiger charge is 2.09. The monoisotopic (exact) mass is 227 g/mol. The van der Waals surface area contributed by atoms with E-state index in [2.05, 4.69) is 4.98 Å². The smallest absolute Gasteiger partial charge is 0.307 e. The molecular weight excluding hydrogens is 214 g/mol. The van der Waals surface area contributed by atoms with Gasteiger partial charge in [0.2, 0.25) is 0 Å². The summed E-state index contributed by atoms with van der Waals surface area (Å²) in [7, 11) is 0. The van der Waals surface area contributed by atoms with Gasteiger partial charge in [0.15, 0.2) is 0 Å². The van der Waals surface area contributed by atoms with Crippen LogP contribution in [0.3, 0.4) is 0 Å². The Hall–Kier alpha value is -2.16. The van der Waals surface area contributed by atoms with E-state index in [1.165, 1.54) is 0 Å². The van der Waals surface area contributed by atoms with Crippen molar-refractivity contribution in [3.05, 3.63) is 53.9 Å². The molecule has 0 atom stereocenters. The van der Waals surface area contributed by atoms with Crippen LogP contribution in [0.4, 0.5) is 0 Å².